The average molecular weight is 510 g/mol. The van der Waals surface area contributed by atoms with E-state index in [1.807, 2.05) is 83.8 Å². The molecule has 5 rings (SSSR count). The first kappa shape index (κ1) is 25.2. The van der Waals surface area contributed by atoms with Gasteiger partial charge in [-0.3, -0.25) is 4.79 Å². The van der Waals surface area contributed by atoms with Crippen LogP contribution in [0.25, 0.3) is 11.1 Å². The third-order valence-electron chi connectivity index (χ3n) is 6.97. The molecule has 0 spiro atoms. The van der Waals surface area contributed by atoms with Crippen LogP contribution >= 0.6 is 0 Å². The summed E-state index contributed by atoms with van der Waals surface area (Å²) in [7, 11) is 4.88. The SMILES string of the molecule is COc1ccc(OC[C@H]2c3cc(OC)c(OC)cc3CCN2C(=O)c2ccc(-c3ccccc3)cc2)cc1. The van der Waals surface area contributed by atoms with Crippen molar-refractivity contribution in [1.29, 1.82) is 0 Å². The monoisotopic (exact) mass is 509 g/mol. The molecule has 0 bridgehead atoms. The lowest BCUT2D eigenvalue weighted by Crippen LogP contribution is -2.42. The van der Waals surface area contributed by atoms with E-state index in [1.165, 1.54) is 0 Å². The van der Waals surface area contributed by atoms with Crippen molar-refractivity contribution in [2.45, 2.75) is 12.5 Å². The Labute approximate surface area is 223 Å². The van der Waals surface area contributed by atoms with E-state index in [-0.39, 0.29) is 11.9 Å². The van der Waals surface area contributed by atoms with E-state index in [1.54, 1.807) is 21.3 Å². The summed E-state index contributed by atoms with van der Waals surface area (Å²) in [6.07, 6.45) is 0.711. The molecule has 0 unspecified atom stereocenters. The second-order valence-corrected chi connectivity index (χ2v) is 9.10. The highest BCUT2D eigenvalue weighted by Crippen LogP contribution is 2.39. The zero-order valence-electron chi connectivity index (χ0n) is 21.8. The van der Waals surface area contributed by atoms with Gasteiger partial charge in [-0.05, 0) is 77.2 Å². The minimum atomic E-state index is -0.304. The number of fused-ring (bicyclic) bond motifs is 1. The van der Waals surface area contributed by atoms with Crippen LogP contribution in [0.5, 0.6) is 23.0 Å². The normalized spacial score (nSPS) is 14.4. The maximum absolute atomic E-state index is 13.8. The van der Waals surface area contributed by atoms with Gasteiger partial charge in [0.25, 0.3) is 5.91 Å². The van der Waals surface area contributed by atoms with Crippen molar-refractivity contribution in [3.8, 4) is 34.1 Å². The Morgan fingerprint density at radius 3 is 2.05 bits per heavy atom. The topological polar surface area (TPSA) is 57.2 Å². The molecule has 4 aromatic carbocycles. The van der Waals surface area contributed by atoms with Crippen LogP contribution in [0.3, 0.4) is 0 Å². The maximum atomic E-state index is 13.8. The van der Waals surface area contributed by atoms with Gasteiger partial charge in [-0.1, -0.05) is 42.5 Å². The van der Waals surface area contributed by atoms with Crippen molar-refractivity contribution in [3.63, 3.8) is 0 Å². The van der Waals surface area contributed by atoms with Crippen LogP contribution in [-0.4, -0.2) is 45.3 Å². The van der Waals surface area contributed by atoms with Gasteiger partial charge in [0.05, 0.1) is 27.4 Å². The summed E-state index contributed by atoms with van der Waals surface area (Å²) in [5.41, 5.74) is 4.95. The summed E-state index contributed by atoms with van der Waals surface area (Å²) >= 11 is 0. The second kappa shape index (κ2) is 11.3. The van der Waals surface area contributed by atoms with Crippen molar-refractivity contribution in [1.82, 2.24) is 4.90 Å². The largest absolute Gasteiger partial charge is 0.497 e. The summed E-state index contributed by atoms with van der Waals surface area (Å²) in [4.78, 5) is 15.7. The van der Waals surface area contributed by atoms with E-state index in [9.17, 15) is 4.79 Å². The number of nitrogens with zero attached hydrogens (tertiary/aromatic N) is 1. The molecule has 0 saturated carbocycles. The summed E-state index contributed by atoms with van der Waals surface area (Å²) in [5, 5.41) is 0. The van der Waals surface area contributed by atoms with Gasteiger partial charge in [0, 0.05) is 12.1 Å². The van der Waals surface area contributed by atoms with Crippen molar-refractivity contribution in [2.24, 2.45) is 0 Å². The quantitative estimate of drug-likeness (QED) is 0.283. The fraction of sp³-hybridized carbons (Fsp3) is 0.219. The first-order chi connectivity index (χ1) is 18.6. The minimum Gasteiger partial charge on any atom is -0.497 e. The Hall–Kier alpha value is -4.45. The highest BCUT2D eigenvalue weighted by molar-refractivity contribution is 5.95. The number of benzene rings is 4. The van der Waals surface area contributed by atoms with Crippen molar-refractivity contribution >= 4 is 5.91 Å². The fourth-order valence-corrected chi connectivity index (χ4v) is 4.90. The van der Waals surface area contributed by atoms with Crippen LogP contribution < -0.4 is 18.9 Å². The van der Waals surface area contributed by atoms with Crippen LogP contribution in [0.4, 0.5) is 0 Å². The fourth-order valence-electron chi connectivity index (χ4n) is 4.90. The standard InChI is InChI=1S/C32H31NO5/c1-35-26-13-15-27(16-14-26)38-21-29-28-20-31(37-3)30(36-2)19-25(28)17-18-33(29)32(34)24-11-9-23(10-12-24)22-7-5-4-6-8-22/h4-16,19-20,29H,17-18,21H2,1-3H3/t29-/m0/s1. The van der Waals surface area contributed by atoms with Crippen molar-refractivity contribution in [3.05, 3.63) is 108 Å². The molecule has 0 saturated heterocycles. The molecule has 1 atom stereocenters. The number of hydrogen-bond donors (Lipinski definition) is 0. The average Bonchev–Trinajstić information content (AvgIpc) is 2.99. The molecule has 1 heterocycles. The first-order valence-electron chi connectivity index (χ1n) is 12.6. The Kier molecular flexibility index (Phi) is 7.50. The molecule has 0 aromatic heterocycles. The van der Waals surface area contributed by atoms with Crippen molar-refractivity contribution in [2.75, 3.05) is 34.5 Å². The van der Waals surface area contributed by atoms with Crippen LogP contribution in [0.2, 0.25) is 0 Å². The number of methoxy groups -OCH3 is 3. The molecule has 38 heavy (non-hydrogen) atoms. The number of carbonyl (C=O) groups excluding carboxylic acids is 1. The molecular formula is C32H31NO5. The molecule has 0 radical (unpaired) electrons. The second-order valence-electron chi connectivity index (χ2n) is 9.10. The smallest absolute Gasteiger partial charge is 0.254 e. The zero-order chi connectivity index (χ0) is 26.5. The van der Waals surface area contributed by atoms with Gasteiger partial charge in [-0.15, -0.1) is 0 Å². The Balaban J connectivity index is 1.45. The molecular weight excluding hydrogens is 478 g/mol. The van der Waals surface area contributed by atoms with Gasteiger partial charge in [0.1, 0.15) is 18.1 Å². The number of amides is 1. The highest BCUT2D eigenvalue weighted by atomic mass is 16.5. The lowest BCUT2D eigenvalue weighted by Gasteiger charge is -2.37. The Morgan fingerprint density at radius 2 is 1.39 bits per heavy atom. The van der Waals surface area contributed by atoms with Gasteiger partial charge in [-0.25, -0.2) is 0 Å². The molecule has 0 N–H and O–H groups in total. The minimum absolute atomic E-state index is 0.0339. The lowest BCUT2D eigenvalue weighted by molar-refractivity contribution is 0.0589. The van der Waals surface area contributed by atoms with E-state index in [0.717, 1.165) is 28.0 Å². The third-order valence-corrected chi connectivity index (χ3v) is 6.97. The van der Waals surface area contributed by atoms with E-state index in [0.29, 0.717) is 42.4 Å². The summed E-state index contributed by atoms with van der Waals surface area (Å²) in [6, 6.07) is 29.0. The number of rotatable bonds is 8. The van der Waals surface area contributed by atoms with Crippen LogP contribution in [0.1, 0.15) is 27.5 Å². The summed E-state index contributed by atoms with van der Waals surface area (Å²) < 4.78 is 22.6. The molecule has 0 aliphatic carbocycles. The number of carbonyl (C=O) groups is 1. The lowest BCUT2D eigenvalue weighted by atomic mass is 9.91. The van der Waals surface area contributed by atoms with Gasteiger partial charge >= 0.3 is 0 Å². The molecule has 4 aromatic rings. The van der Waals surface area contributed by atoms with Crippen LogP contribution in [-0.2, 0) is 6.42 Å². The Bertz CT molecular complexity index is 1380. The van der Waals surface area contributed by atoms with E-state index in [4.69, 9.17) is 18.9 Å². The molecule has 194 valence electrons. The molecule has 6 heteroatoms. The first-order valence-corrected chi connectivity index (χ1v) is 12.6. The molecule has 1 aliphatic rings. The molecule has 1 amide bonds. The van der Waals surface area contributed by atoms with Crippen molar-refractivity contribution < 1.29 is 23.7 Å². The van der Waals surface area contributed by atoms with Crippen LogP contribution in [0, 0.1) is 0 Å². The summed E-state index contributed by atoms with van der Waals surface area (Å²) in [5.74, 6) is 2.74. The van der Waals surface area contributed by atoms with E-state index < -0.39 is 0 Å². The van der Waals surface area contributed by atoms with Gasteiger partial charge in [0.15, 0.2) is 11.5 Å². The van der Waals surface area contributed by atoms with Gasteiger partial charge < -0.3 is 23.8 Å². The Morgan fingerprint density at radius 1 is 0.763 bits per heavy atom. The maximum Gasteiger partial charge on any atom is 0.254 e. The van der Waals surface area contributed by atoms with Crippen LogP contribution in [0.15, 0.2) is 91.0 Å². The predicted octanol–water partition coefficient (Wildman–Crippen LogP) is 6.20. The zero-order valence-corrected chi connectivity index (χ0v) is 21.8. The predicted molar refractivity (Wildman–Crippen MR) is 147 cm³/mol. The van der Waals surface area contributed by atoms with E-state index >= 15 is 0 Å². The molecule has 0 fully saturated rings. The van der Waals surface area contributed by atoms with E-state index in [2.05, 4.69) is 12.1 Å². The molecule has 6 nitrogen and oxygen atoms in total. The van der Waals surface area contributed by atoms with Gasteiger partial charge in [0.2, 0.25) is 0 Å². The molecule has 1 aliphatic heterocycles. The number of ether oxygens (including phenoxy) is 4. The van der Waals surface area contributed by atoms with Gasteiger partial charge in [-0.2, -0.15) is 0 Å². The summed E-state index contributed by atoms with van der Waals surface area (Å²) in [6.45, 7) is 0.862. The number of hydrogen-bond acceptors (Lipinski definition) is 5. The third kappa shape index (κ3) is 5.16. The highest BCUT2D eigenvalue weighted by Gasteiger charge is 2.33.